The van der Waals surface area contributed by atoms with E-state index in [9.17, 15) is 13.2 Å². The number of sulfonamides is 1. The summed E-state index contributed by atoms with van der Waals surface area (Å²) in [6.07, 6.45) is 6.45. The van der Waals surface area contributed by atoms with Crippen LogP contribution in [-0.2, 0) is 14.8 Å². The maximum atomic E-state index is 12.4. The van der Waals surface area contributed by atoms with Crippen molar-refractivity contribution in [3.63, 3.8) is 0 Å². The Morgan fingerprint density at radius 2 is 1.96 bits per heavy atom. The molecule has 0 spiro atoms. The molecule has 1 aliphatic carbocycles. The maximum absolute atomic E-state index is 12.4. The van der Waals surface area contributed by atoms with E-state index in [0.717, 1.165) is 24.9 Å². The summed E-state index contributed by atoms with van der Waals surface area (Å²) in [7, 11) is -3.79. The number of anilines is 1. The minimum atomic E-state index is -3.79. The van der Waals surface area contributed by atoms with Gasteiger partial charge in [-0.25, -0.2) is 13.6 Å². The first kappa shape index (κ1) is 18.4. The number of amides is 1. The van der Waals surface area contributed by atoms with Gasteiger partial charge < -0.3 is 5.32 Å². The molecule has 3 N–H and O–H groups in total. The number of carbonyl (C=O) groups excluding carboxylic acids is 1. The quantitative estimate of drug-likeness (QED) is 0.854. The third-order valence-corrected chi connectivity index (χ3v) is 6.57. The second kappa shape index (κ2) is 7.43. The minimum absolute atomic E-state index is 0.0494. The molecule has 2 fully saturated rings. The van der Waals surface area contributed by atoms with Gasteiger partial charge >= 0.3 is 0 Å². The van der Waals surface area contributed by atoms with Gasteiger partial charge in [0.25, 0.3) is 0 Å². The van der Waals surface area contributed by atoms with Crippen LogP contribution in [0.15, 0.2) is 23.1 Å². The van der Waals surface area contributed by atoms with Crippen molar-refractivity contribution in [3.8, 4) is 0 Å². The number of nitrogens with zero attached hydrogens (tertiary/aromatic N) is 1. The Hall–Kier alpha value is -1.44. The Balaban J connectivity index is 1.59. The van der Waals surface area contributed by atoms with Crippen molar-refractivity contribution in [3.05, 3.63) is 23.8 Å². The van der Waals surface area contributed by atoms with E-state index in [1.807, 2.05) is 0 Å². The number of piperidine rings is 1. The summed E-state index contributed by atoms with van der Waals surface area (Å²) in [5, 5.41) is 8.02. The predicted molar refractivity (Wildman–Crippen MR) is 97.7 cm³/mol. The number of aryl methyl sites for hydroxylation is 1. The minimum Gasteiger partial charge on any atom is -0.325 e. The van der Waals surface area contributed by atoms with Gasteiger partial charge in [0.15, 0.2) is 0 Å². The molecule has 0 radical (unpaired) electrons. The summed E-state index contributed by atoms with van der Waals surface area (Å²) in [5.41, 5.74) is 1.03. The molecular weight excluding hydrogens is 338 g/mol. The normalized spacial score (nSPS) is 24.6. The molecule has 0 bridgehead atoms. The molecule has 1 aromatic carbocycles. The molecule has 1 amide bonds. The van der Waals surface area contributed by atoms with Gasteiger partial charge in [-0.3, -0.25) is 9.69 Å². The Bertz CT molecular complexity index is 748. The Morgan fingerprint density at radius 1 is 1.24 bits per heavy atom. The standard InChI is InChI=1S/C18H27N3O3S/c1-13-6-7-16(10-17(13)25(19,23)24)20-18(22)12-21-9-8-14-4-2-3-5-15(14)11-21/h6-7,10,14-15H,2-5,8-9,11-12H2,1H3,(H,20,22)(H2,19,23,24). The molecule has 138 valence electrons. The zero-order valence-electron chi connectivity index (χ0n) is 14.7. The first-order chi connectivity index (χ1) is 11.8. The third kappa shape index (κ3) is 4.59. The smallest absolute Gasteiger partial charge is 0.238 e. The maximum Gasteiger partial charge on any atom is 0.238 e. The van der Waals surface area contributed by atoms with Crippen LogP contribution in [0.2, 0.25) is 0 Å². The van der Waals surface area contributed by atoms with Crippen LogP contribution in [0.4, 0.5) is 5.69 Å². The molecule has 7 heteroatoms. The SMILES string of the molecule is Cc1ccc(NC(=O)CN2CCC3CCCCC3C2)cc1S(N)(=O)=O. The van der Waals surface area contributed by atoms with Crippen molar-refractivity contribution >= 4 is 21.6 Å². The highest BCUT2D eigenvalue weighted by Gasteiger charge is 2.31. The second-order valence-electron chi connectivity index (χ2n) is 7.40. The second-order valence-corrected chi connectivity index (χ2v) is 8.93. The Morgan fingerprint density at radius 3 is 2.68 bits per heavy atom. The van der Waals surface area contributed by atoms with E-state index in [4.69, 9.17) is 5.14 Å². The molecule has 3 rings (SSSR count). The van der Waals surface area contributed by atoms with Gasteiger partial charge in [0.1, 0.15) is 0 Å². The molecule has 2 unspecified atom stereocenters. The van der Waals surface area contributed by atoms with E-state index < -0.39 is 10.0 Å². The van der Waals surface area contributed by atoms with E-state index in [0.29, 0.717) is 17.8 Å². The van der Waals surface area contributed by atoms with Crippen molar-refractivity contribution < 1.29 is 13.2 Å². The zero-order chi connectivity index (χ0) is 18.0. The van der Waals surface area contributed by atoms with Crippen LogP contribution < -0.4 is 10.5 Å². The Labute approximate surface area is 149 Å². The molecular formula is C18H27N3O3S. The number of hydrogen-bond acceptors (Lipinski definition) is 4. The highest BCUT2D eigenvalue weighted by Crippen LogP contribution is 2.35. The van der Waals surface area contributed by atoms with Crippen LogP contribution in [0, 0.1) is 18.8 Å². The van der Waals surface area contributed by atoms with E-state index in [1.54, 1.807) is 19.1 Å². The first-order valence-corrected chi connectivity index (χ1v) is 10.5. The average Bonchev–Trinajstić information content (AvgIpc) is 2.55. The van der Waals surface area contributed by atoms with Gasteiger partial charge in [-0.2, -0.15) is 0 Å². The lowest BCUT2D eigenvalue weighted by Gasteiger charge is -2.41. The van der Waals surface area contributed by atoms with Gasteiger partial charge in [-0.1, -0.05) is 25.3 Å². The van der Waals surface area contributed by atoms with Crippen LogP contribution >= 0.6 is 0 Å². The molecule has 1 saturated heterocycles. The number of carbonyl (C=O) groups is 1. The number of rotatable bonds is 4. The lowest BCUT2D eigenvalue weighted by Crippen LogP contribution is -2.44. The largest absolute Gasteiger partial charge is 0.325 e. The lowest BCUT2D eigenvalue weighted by molar-refractivity contribution is -0.118. The van der Waals surface area contributed by atoms with E-state index in [1.165, 1.54) is 38.2 Å². The van der Waals surface area contributed by atoms with Crippen LogP contribution in [0.1, 0.15) is 37.7 Å². The third-order valence-electron chi connectivity index (χ3n) is 5.52. The van der Waals surface area contributed by atoms with E-state index >= 15 is 0 Å². The summed E-state index contributed by atoms with van der Waals surface area (Å²) >= 11 is 0. The fourth-order valence-electron chi connectivity index (χ4n) is 4.21. The number of nitrogens with one attached hydrogen (secondary N) is 1. The molecule has 2 atom stereocenters. The van der Waals surface area contributed by atoms with E-state index in [2.05, 4.69) is 10.2 Å². The van der Waals surface area contributed by atoms with Crippen molar-refractivity contribution in [2.45, 2.75) is 43.9 Å². The zero-order valence-corrected chi connectivity index (χ0v) is 15.5. The highest BCUT2D eigenvalue weighted by molar-refractivity contribution is 7.89. The Kier molecular flexibility index (Phi) is 5.46. The number of primary sulfonamides is 1. The summed E-state index contributed by atoms with van der Waals surface area (Å²) < 4.78 is 23.2. The molecule has 25 heavy (non-hydrogen) atoms. The first-order valence-electron chi connectivity index (χ1n) is 8.98. The van der Waals surface area contributed by atoms with Crippen molar-refractivity contribution in [2.24, 2.45) is 17.0 Å². The van der Waals surface area contributed by atoms with Crippen molar-refractivity contribution in [1.29, 1.82) is 0 Å². The van der Waals surface area contributed by atoms with Gasteiger partial charge in [0.2, 0.25) is 15.9 Å². The van der Waals surface area contributed by atoms with Crippen LogP contribution in [-0.4, -0.2) is 38.9 Å². The van der Waals surface area contributed by atoms with Gasteiger partial charge in [0, 0.05) is 12.2 Å². The van der Waals surface area contributed by atoms with Crippen LogP contribution in [0.3, 0.4) is 0 Å². The van der Waals surface area contributed by atoms with Crippen molar-refractivity contribution in [1.82, 2.24) is 4.90 Å². The molecule has 6 nitrogen and oxygen atoms in total. The van der Waals surface area contributed by atoms with Gasteiger partial charge in [-0.15, -0.1) is 0 Å². The summed E-state index contributed by atoms with van der Waals surface area (Å²) in [6.45, 7) is 3.99. The van der Waals surface area contributed by atoms with Crippen LogP contribution in [0.5, 0.6) is 0 Å². The molecule has 0 aromatic heterocycles. The lowest BCUT2D eigenvalue weighted by atomic mass is 9.75. The molecule has 1 aliphatic heterocycles. The van der Waals surface area contributed by atoms with Crippen LogP contribution in [0.25, 0.3) is 0 Å². The van der Waals surface area contributed by atoms with Gasteiger partial charge in [0.05, 0.1) is 11.4 Å². The fraction of sp³-hybridized carbons (Fsp3) is 0.611. The summed E-state index contributed by atoms with van der Waals surface area (Å²) in [4.78, 5) is 14.6. The van der Waals surface area contributed by atoms with E-state index in [-0.39, 0.29) is 10.8 Å². The molecule has 2 aliphatic rings. The molecule has 1 heterocycles. The topological polar surface area (TPSA) is 92.5 Å². The molecule has 1 aromatic rings. The monoisotopic (exact) mass is 365 g/mol. The molecule has 1 saturated carbocycles. The number of likely N-dealkylation sites (tertiary alicyclic amines) is 1. The number of hydrogen-bond donors (Lipinski definition) is 2. The number of fused-ring (bicyclic) bond motifs is 1. The average molecular weight is 365 g/mol. The fourth-order valence-corrected chi connectivity index (χ4v) is 5.02. The number of benzene rings is 1. The number of nitrogens with two attached hydrogens (primary N) is 1. The van der Waals surface area contributed by atoms with Gasteiger partial charge in [-0.05, 0) is 55.8 Å². The van der Waals surface area contributed by atoms with Crippen molar-refractivity contribution in [2.75, 3.05) is 25.0 Å². The summed E-state index contributed by atoms with van der Waals surface area (Å²) in [5.74, 6) is 1.45. The highest BCUT2D eigenvalue weighted by atomic mass is 32.2. The predicted octanol–water partition coefficient (Wildman–Crippen LogP) is 2.09. The summed E-state index contributed by atoms with van der Waals surface area (Å²) in [6, 6.07) is 4.79.